The lowest BCUT2D eigenvalue weighted by Crippen LogP contribution is -2.41. The molecule has 0 aliphatic rings. The molecule has 1 aromatic carbocycles. The molecule has 1 rings (SSSR count). The Hall–Kier alpha value is -2.94. The minimum Gasteiger partial charge on any atom is -0.468 e. The maximum atomic E-state index is 12.6. The van der Waals surface area contributed by atoms with Gasteiger partial charge in [-0.05, 0) is 71.6 Å². The van der Waals surface area contributed by atoms with Crippen molar-refractivity contribution in [3.63, 3.8) is 0 Å². The Morgan fingerprint density at radius 1 is 0.889 bits per heavy atom. The zero-order valence-electron chi connectivity index (χ0n) is 23.0. The van der Waals surface area contributed by atoms with Gasteiger partial charge in [0.1, 0.15) is 12.6 Å². The van der Waals surface area contributed by atoms with Gasteiger partial charge >= 0.3 is 23.9 Å². The fourth-order valence-electron chi connectivity index (χ4n) is 2.76. The summed E-state index contributed by atoms with van der Waals surface area (Å²) in [7, 11) is 1.28. The van der Waals surface area contributed by atoms with Gasteiger partial charge in [0, 0.05) is 13.0 Å². The largest absolute Gasteiger partial charge is 0.468 e. The molecule has 0 amide bonds. The van der Waals surface area contributed by atoms with Gasteiger partial charge in [0.25, 0.3) is 0 Å². The minimum absolute atomic E-state index is 0.0799. The topological polar surface area (TPSA) is 117 Å². The first-order valence-corrected chi connectivity index (χ1v) is 12.1. The number of methoxy groups -OCH3 is 1. The molecule has 0 saturated heterocycles. The van der Waals surface area contributed by atoms with E-state index in [-0.39, 0.29) is 43.0 Å². The third kappa shape index (κ3) is 10.8. The van der Waals surface area contributed by atoms with E-state index in [0.717, 1.165) is 0 Å². The average molecular weight is 508 g/mol. The number of benzene rings is 1. The van der Waals surface area contributed by atoms with Crippen molar-refractivity contribution in [2.45, 2.75) is 74.3 Å². The van der Waals surface area contributed by atoms with Crippen molar-refractivity contribution in [1.82, 2.24) is 5.32 Å². The van der Waals surface area contributed by atoms with Gasteiger partial charge < -0.3 is 24.3 Å². The predicted octanol–water partition coefficient (Wildman–Crippen LogP) is 3.85. The van der Waals surface area contributed by atoms with E-state index in [0.29, 0.717) is 12.0 Å². The Bertz CT molecular complexity index is 925. The van der Waals surface area contributed by atoms with Crippen LogP contribution in [0.3, 0.4) is 0 Å². The van der Waals surface area contributed by atoms with E-state index in [4.69, 9.17) is 18.9 Å². The monoisotopic (exact) mass is 507 g/mol. The van der Waals surface area contributed by atoms with Crippen molar-refractivity contribution in [2.75, 3.05) is 20.3 Å². The second-order valence-corrected chi connectivity index (χ2v) is 11.1. The number of carbonyl (C=O) groups is 4. The van der Waals surface area contributed by atoms with Gasteiger partial charge in [0.15, 0.2) is 11.5 Å². The van der Waals surface area contributed by atoms with Gasteiger partial charge in [-0.3, -0.25) is 19.2 Å². The zero-order valence-corrected chi connectivity index (χ0v) is 23.0. The molecule has 0 spiro atoms. The molecule has 0 unspecified atom stereocenters. The van der Waals surface area contributed by atoms with E-state index >= 15 is 0 Å². The van der Waals surface area contributed by atoms with Crippen LogP contribution in [0.1, 0.15) is 67.4 Å². The fourth-order valence-corrected chi connectivity index (χ4v) is 2.76. The molecule has 0 bridgehead atoms. The fraction of sp³-hybridized carbons (Fsp3) is 0.630. The SMILES string of the molecule is COC(=O)[C@H](Cc1ccc(OC(=O)C(C)(C)C)c(OC(=O)C(C)(C)C)c1)NCCOC(=O)CC(C)C. The van der Waals surface area contributed by atoms with Crippen LogP contribution >= 0.6 is 0 Å². The van der Waals surface area contributed by atoms with Crippen molar-refractivity contribution >= 4 is 23.9 Å². The normalized spacial score (nSPS) is 12.6. The number of nitrogens with one attached hydrogen (secondary N) is 1. The summed E-state index contributed by atoms with van der Waals surface area (Å²) in [5.41, 5.74) is -0.908. The van der Waals surface area contributed by atoms with Crippen molar-refractivity contribution in [3.8, 4) is 11.5 Å². The predicted molar refractivity (Wildman–Crippen MR) is 135 cm³/mol. The lowest BCUT2D eigenvalue weighted by Gasteiger charge is -2.21. The van der Waals surface area contributed by atoms with Crippen LogP contribution in [0.25, 0.3) is 0 Å². The first-order chi connectivity index (χ1) is 16.5. The third-order valence-corrected chi connectivity index (χ3v) is 4.89. The molecular weight excluding hydrogens is 466 g/mol. The Morgan fingerprint density at radius 3 is 1.94 bits per heavy atom. The van der Waals surface area contributed by atoms with E-state index in [2.05, 4.69) is 5.32 Å². The lowest BCUT2D eigenvalue weighted by atomic mass is 9.97. The number of hydrogen-bond acceptors (Lipinski definition) is 9. The summed E-state index contributed by atoms with van der Waals surface area (Å²) in [4.78, 5) is 49.1. The van der Waals surface area contributed by atoms with Crippen LogP contribution in [0.4, 0.5) is 0 Å². The first-order valence-electron chi connectivity index (χ1n) is 12.1. The molecule has 202 valence electrons. The van der Waals surface area contributed by atoms with Crippen LogP contribution in [0.2, 0.25) is 0 Å². The Balaban J connectivity index is 3.07. The van der Waals surface area contributed by atoms with Crippen molar-refractivity contribution in [3.05, 3.63) is 23.8 Å². The Kier molecular flexibility index (Phi) is 11.6. The highest BCUT2D eigenvalue weighted by Gasteiger charge is 2.29. The molecule has 1 N–H and O–H groups in total. The highest BCUT2D eigenvalue weighted by Crippen LogP contribution is 2.33. The van der Waals surface area contributed by atoms with Gasteiger partial charge in [0.05, 0.1) is 17.9 Å². The summed E-state index contributed by atoms with van der Waals surface area (Å²) in [5.74, 6) is -1.40. The van der Waals surface area contributed by atoms with Crippen LogP contribution in [0, 0.1) is 16.7 Å². The maximum absolute atomic E-state index is 12.6. The lowest BCUT2D eigenvalue weighted by molar-refractivity contribution is -0.145. The van der Waals surface area contributed by atoms with Gasteiger partial charge in [0.2, 0.25) is 0 Å². The maximum Gasteiger partial charge on any atom is 0.323 e. The van der Waals surface area contributed by atoms with Crippen LogP contribution in [0.5, 0.6) is 11.5 Å². The highest BCUT2D eigenvalue weighted by molar-refractivity contribution is 5.81. The van der Waals surface area contributed by atoms with Gasteiger partial charge in [-0.2, -0.15) is 0 Å². The molecular formula is C27H41NO8. The molecule has 0 aliphatic heterocycles. The molecule has 0 aliphatic carbocycles. The quantitative estimate of drug-likeness (QED) is 0.271. The van der Waals surface area contributed by atoms with Crippen LogP contribution in [-0.2, 0) is 35.1 Å². The standard InChI is InChI=1S/C27H41NO8/c1-17(2)14-22(29)34-13-12-28-19(23(30)33-9)15-18-10-11-20(35-24(31)26(3,4)5)21(16-18)36-25(32)27(6,7)8/h10-11,16-17,19,28H,12-15H2,1-9H3/t19-/m0/s1. The number of ether oxygens (including phenoxy) is 4. The third-order valence-electron chi connectivity index (χ3n) is 4.89. The summed E-state index contributed by atoms with van der Waals surface area (Å²) < 4.78 is 21.2. The van der Waals surface area contributed by atoms with E-state index < -0.39 is 34.8 Å². The average Bonchev–Trinajstić information content (AvgIpc) is 2.74. The summed E-state index contributed by atoms with van der Waals surface area (Å²) in [5, 5.41) is 3.03. The number of hydrogen-bond donors (Lipinski definition) is 1. The zero-order chi connectivity index (χ0) is 27.7. The molecule has 1 aromatic rings. The smallest absolute Gasteiger partial charge is 0.323 e. The molecule has 0 fully saturated rings. The molecule has 0 heterocycles. The molecule has 0 aromatic heterocycles. The number of esters is 4. The van der Waals surface area contributed by atoms with E-state index in [1.165, 1.54) is 13.2 Å². The van der Waals surface area contributed by atoms with Crippen LogP contribution in [-0.4, -0.2) is 50.2 Å². The van der Waals surface area contributed by atoms with Crippen LogP contribution < -0.4 is 14.8 Å². The molecule has 0 saturated carbocycles. The van der Waals surface area contributed by atoms with Crippen LogP contribution in [0.15, 0.2) is 18.2 Å². The second kappa shape index (κ2) is 13.4. The Labute approximate surface area is 214 Å². The summed E-state index contributed by atoms with van der Waals surface area (Å²) in [6.07, 6.45) is 0.517. The van der Waals surface area contributed by atoms with Crippen molar-refractivity contribution < 1.29 is 38.1 Å². The first kappa shape index (κ1) is 31.1. The summed E-state index contributed by atoms with van der Waals surface area (Å²) >= 11 is 0. The number of carbonyl (C=O) groups excluding carboxylic acids is 4. The second-order valence-electron chi connectivity index (χ2n) is 11.1. The number of rotatable bonds is 11. The van der Waals surface area contributed by atoms with E-state index in [1.807, 2.05) is 13.8 Å². The summed E-state index contributed by atoms with van der Waals surface area (Å²) in [6, 6.07) is 4.04. The highest BCUT2D eigenvalue weighted by atomic mass is 16.6. The molecule has 9 heteroatoms. The summed E-state index contributed by atoms with van der Waals surface area (Å²) in [6.45, 7) is 14.5. The molecule has 0 radical (unpaired) electrons. The molecule has 36 heavy (non-hydrogen) atoms. The van der Waals surface area contributed by atoms with Gasteiger partial charge in [-0.25, -0.2) is 0 Å². The van der Waals surface area contributed by atoms with Gasteiger partial charge in [-0.1, -0.05) is 19.9 Å². The van der Waals surface area contributed by atoms with Crippen molar-refractivity contribution in [2.24, 2.45) is 16.7 Å². The van der Waals surface area contributed by atoms with E-state index in [9.17, 15) is 19.2 Å². The minimum atomic E-state index is -0.787. The molecule has 1 atom stereocenters. The van der Waals surface area contributed by atoms with Crippen molar-refractivity contribution in [1.29, 1.82) is 0 Å². The van der Waals surface area contributed by atoms with E-state index in [1.54, 1.807) is 53.7 Å². The van der Waals surface area contributed by atoms with Gasteiger partial charge in [-0.15, -0.1) is 0 Å². The Morgan fingerprint density at radius 2 is 1.44 bits per heavy atom. The molecule has 9 nitrogen and oxygen atoms in total.